The second-order valence-corrected chi connectivity index (χ2v) is 4.33. The Morgan fingerprint density at radius 1 is 1.07 bits per heavy atom. The van der Waals surface area contributed by atoms with Gasteiger partial charge in [0.1, 0.15) is 0 Å². The van der Waals surface area contributed by atoms with Crippen molar-refractivity contribution in [2.24, 2.45) is 11.3 Å². The number of nitrogens with zero attached hydrogens (tertiary/aromatic N) is 1. The van der Waals surface area contributed by atoms with E-state index in [-0.39, 0.29) is 0 Å². The van der Waals surface area contributed by atoms with Crippen molar-refractivity contribution < 1.29 is 0 Å². The fourth-order valence-corrected chi connectivity index (χ4v) is 2.81. The first-order valence-corrected chi connectivity index (χ1v) is 6.41. The average Bonchev–Trinajstić information content (AvgIpc) is 2.55. The van der Waals surface area contributed by atoms with Crippen LogP contribution in [0.1, 0.15) is 53.9 Å². The van der Waals surface area contributed by atoms with Crippen molar-refractivity contribution in [3.05, 3.63) is 0 Å². The van der Waals surface area contributed by atoms with Crippen LogP contribution in [0.15, 0.2) is 0 Å². The van der Waals surface area contributed by atoms with Crippen LogP contribution in [0.3, 0.4) is 0 Å². The zero-order valence-corrected chi connectivity index (χ0v) is 11.1. The fourth-order valence-electron chi connectivity index (χ4n) is 2.81. The number of hydrogen-bond donors (Lipinski definition) is 0. The lowest BCUT2D eigenvalue weighted by molar-refractivity contribution is -0.00516. The Balaban J connectivity index is 0.000000379. The molecule has 0 aromatic heterocycles. The van der Waals surface area contributed by atoms with Crippen LogP contribution in [-0.2, 0) is 0 Å². The minimum atomic E-state index is 0.773. The molecule has 2 fully saturated rings. The maximum atomic E-state index is 2.45. The number of rotatable bonds is 0. The molecule has 0 N–H and O–H groups in total. The van der Waals surface area contributed by atoms with Crippen LogP contribution in [0.4, 0.5) is 0 Å². The van der Waals surface area contributed by atoms with Crippen LogP contribution < -0.4 is 0 Å². The summed E-state index contributed by atoms with van der Waals surface area (Å²) in [6, 6.07) is 0. The Kier molecular flexibility index (Phi) is 6.43. The van der Waals surface area contributed by atoms with E-state index >= 15 is 0 Å². The van der Waals surface area contributed by atoms with E-state index in [2.05, 4.69) is 18.9 Å². The van der Waals surface area contributed by atoms with E-state index in [9.17, 15) is 0 Å². The van der Waals surface area contributed by atoms with Gasteiger partial charge in [0.2, 0.25) is 0 Å². The normalized spacial score (nSPS) is 28.3. The first-order chi connectivity index (χ1) is 6.73. The van der Waals surface area contributed by atoms with Crippen molar-refractivity contribution >= 4 is 0 Å². The molecule has 2 rings (SSSR count). The highest BCUT2D eigenvalue weighted by Crippen LogP contribution is 2.48. The smallest absolute Gasteiger partial charge is 0.00500 e. The van der Waals surface area contributed by atoms with E-state index in [4.69, 9.17) is 0 Å². The van der Waals surface area contributed by atoms with Gasteiger partial charge in [-0.3, -0.25) is 0 Å². The molecular formula is C13H29N. The van der Waals surface area contributed by atoms with E-state index in [1.165, 1.54) is 32.4 Å². The zero-order valence-electron chi connectivity index (χ0n) is 11.1. The fraction of sp³-hybridized carbons (Fsp3) is 1.00. The van der Waals surface area contributed by atoms with Gasteiger partial charge in [-0.25, -0.2) is 0 Å². The first-order valence-electron chi connectivity index (χ1n) is 6.41. The Morgan fingerprint density at radius 2 is 1.57 bits per heavy atom. The molecule has 1 atom stereocenters. The molecule has 1 heterocycles. The highest BCUT2D eigenvalue weighted by atomic mass is 15.2. The van der Waals surface area contributed by atoms with Gasteiger partial charge in [-0.2, -0.15) is 0 Å². The third-order valence-electron chi connectivity index (χ3n) is 3.53. The maximum absolute atomic E-state index is 2.45. The van der Waals surface area contributed by atoms with Crippen molar-refractivity contribution in [2.45, 2.75) is 53.9 Å². The Labute approximate surface area is 90.9 Å². The lowest BCUT2D eigenvalue weighted by atomic mass is 9.72. The van der Waals surface area contributed by atoms with Crippen molar-refractivity contribution in [1.29, 1.82) is 0 Å². The van der Waals surface area contributed by atoms with Crippen molar-refractivity contribution in [3.8, 4) is 0 Å². The Bertz CT molecular complexity index is 136. The van der Waals surface area contributed by atoms with E-state index in [0.717, 1.165) is 11.3 Å². The largest absolute Gasteiger partial charge is 0.305 e. The molecule has 1 aliphatic carbocycles. The molecule has 1 nitrogen and oxygen atoms in total. The number of hydrogen-bond acceptors (Lipinski definition) is 1. The molecule has 1 saturated carbocycles. The summed E-state index contributed by atoms with van der Waals surface area (Å²) in [5.41, 5.74) is 0.773. The van der Waals surface area contributed by atoms with E-state index < -0.39 is 0 Å². The molecular weight excluding hydrogens is 170 g/mol. The molecule has 0 aromatic carbocycles. The Morgan fingerprint density at radius 3 is 1.86 bits per heavy atom. The third kappa shape index (κ3) is 2.73. The summed E-state index contributed by atoms with van der Waals surface area (Å²) >= 11 is 0. The summed E-state index contributed by atoms with van der Waals surface area (Å²) in [5.74, 6) is 1.00. The molecule has 1 heteroatoms. The van der Waals surface area contributed by atoms with Gasteiger partial charge < -0.3 is 4.90 Å². The third-order valence-corrected chi connectivity index (χ3v) is 3.53. The van der Waals surface area contributed by atoms with Gasteiger partial charge >= 0.3 is 0 Å². The van der Waals surface area contributed by atoms with Crippen molar-refractivity contribution in [1.82, 2.24) is 4.90 Å². The second-order valence-electron chi connectivity index (χ2n) is 4.33. The maximum Gasteiger partial charge on any atom is 0.00500 e. The average molecular weight is 199 g/mol. The number of likely N-dealkylation sites (tertiary alicyclic amines) is 1. The van der Waals surface area contributed by atoms with Gasteiger partial charge in [0.05, 0.1) is 0 Å². The molecule has 0 radical (unpaired) electrons. The highest BCUT2D eigenvalue weighted by molar-refractivity contribution is 5.00. The zero-order chi connectivity index (χ0) is 11.2. The standard InChI is InChI=1S/C9H17N.2C2H6/c1-8-4-3-5-9(8)6-10(2)7-9;2*1-2/h8H,3-7H2,1-2H3;2*1-2H3. The van der Waals surface area contributed by atoms with Crippen LogP contribution in [0, 0.1) is 11.3 Å². The quantitative estimate of drug-likeness (QED) is 0.574. The van der Waals surface area contributed by atoms with Gasteiger partial charge in [0, 0.05) is 13.1 Å². The summed E-state index contributed by atoms with van der Waals surface area (Å²) in [7, 11) is 2.23. The van der Waals surface area contributed by atoms with Crippen LogP contribution >= 0.6 is 0 Å². The van der Waals surface area contributed by atoms with Crippen molar-refractivity contribution in [3.63, 3.8) is 0 Å². The molecule has 1 saturated heterocycles. The molecule has 0 aromatic rings. The minimum Gasteiger partial charge on any atom is -0.305 e. The first kappa shape index (κ1) is 14.0. The van der Waals surface area contributed by atoms with Gasteiger partial charge in [0.15, 0.2) is 0 Å². The lowest BCUT2D eigenvalue weighted by Crippen LogP contribution is -2.55. The van der Waals surface area contributed by atoms with Crippen LogP contribution in [0.2, 0.25) is 0 Å². The predicted molar refractivity (Wildman–Crippen MR) is 65.6 cm³/mol. The van der Waals surface area contributed by atoms with E-state index in [1.54, 1.807) is 0 Å². The second kappa shape index (κ2) is 6.44. The highest BCUT2D eigenvalue weighted by Gasteiger charge is 2.47. The molecule has 14 heavy (non-hydrogen) atoms. The summed E-state index contributed by atoms with van der Waals surface area (Å²) in [5, 5.41) is 0. The molecule has 0 amide bonds. The molecule has 86 valence electrons. The monoisotopic (exact) mass is 199 g/mol. The van der Waals surface area contributed by atoms with Crippen LogP contribution in [-0.4, -0.2) is 25.0 Å². The topological polar surface area (TPSA) is 3.24 Å². The minimum absolute atomic E-state index is 0.773. The SMILES string of the molecule is CC.CC.CC1CCCC12CN(C)C2. The Hall–Kier alpha value is -0.0400. The molecule has 1 aliphatic heterocycles. The van der Waals surface area contributed by atoms with Crippen LogP contribution in [0.25, 0.3) is 0 Å². The van der Waals surface area contributed by atoms with Crippen molar-refractivity contribution in [2.75, 3.05) is 20.1 Å². The van der Waals surface area contributed by atoms with Gasteiger partial charge in [0.25, 0.3) is 0 Å². The summed E-state index contributed by atoms with van der Waals surface area (Å²) in [4.78, 5) is 2.45. The van der Waals surface area contributed by atoms with Crippen LogP contribution in [0.5, 0.6) is 0 Å². The van der Waals surface area contributed by atoms with Gasteiger partial charge in [-0.1, -0.05) is 47.5 Å². The summed E-state index contributed by atoms with van der Waals surface area (Å²) < 4.78 is 0. The molecule has 1 spiro atoms. The van der Waals surface area contributed by atoms with Gasteiger partial charge in [-0.05, 0) is 24.8 Å². The van der Waals surface area contributed by atoms with E-state index in [0.29, 0.717) is 0 Å². The lowest BCUT2D eigenvalue weighted by Gasteiger charge is -2.49. The van der Waals surface area contributed by atoms with E-state index in [1.807, 2.05) is 27.7 Å². The predicted octanol–water partition coefficient (Wildman–Crippen LogP) is 3.79. The molecule has 1 unspecified atom stereocenters. The van der Waals surface area contributed by atoms with Gasteiger partial charge in [-0.15, -0.1) is 0 Å². The summed E-state index contributed by atoms with van der Waals surface area (Å²) in [6.07, 6.45) is 4.46. The summed E-state index contributed by atoms with van der Waals surface area (Å²) in [6.45, 7) is 13.2. The molecule has 2 aliphatic rings. The molecule has 0 bridgehead atoms.